The fourth-order valence-electron chi connectivity index (χ4n) is 1.26. The largest absolute Gasteiger partial charge is 0.325 e. The van der Waals surface area contributed by atoms with Gasteiger partial charge in [0.25, 0.3) is 0 Å². The number of hydrogen-bond acceptors (Lipinski definition) is 3. The summed E-state index contributed by atoms with van der Waals surface area (Å²) in [5.74, 6) is -6.11. The van der Waals surface area contributed by atoms with Crippen LogP contribution in [0.1, 0.15) is 5.69 Å². The van der Waals surface area contributed by atoms with Gasteiger partial charge in [-0.1, -0.05) is 5.21 Å². The number of nitrogens with zero attached hydrogens (tertiary/aromatic N) is 3. The lowest BCUT2D eigenvalue weighted by molar-refractivity contribution is 0.443. The molecule has 8 heteroatoms. The molecule has 0 aliphatic carbocycles. The van der Waals surface area contributed by atoms with Gasteiger partial charge in [-0.15, -0.1) is 5.10 Å². The Bertz CT molecular complexity index is 540. The maximum absolute atomic E-state index is 13.3. The van der Waals surface area contributed by atoms with E-state index in [9.17, 15) is 17.6 Å². The molecule has 17 heavy (non-hydrogen) atoms. The lowest BCUT2D eigenvalue weighted by atomic mass is 10.2. The van der Waals surface area contributed by atoms with E-state index in [1.54, 1.807) is 0 Å². The highest BCUT2D eigenvalue weighted by Crippen LogP contribution is 2.22. The van der Waals surface area contributed by atoms with Crippen molar-refractivity contribution in [2.45, 2.75) is 6.54 Å². The molecule has 1 heterocycles. The van der Waals surface area contributed by atoms with Crippen molar-refractivity contribution in [3.05, 3.63) is 41.2 Å². The SMILES string of the molecule is NCc1cn(-c2c(F)c(F)cc(F)c2F)nn1. The molecule has 0 fully saturated rings. The molecule has 0 amide bonds. The molecule has 0 saturated carbocycles. The number of rotatable bonds is 2. The van der Waals surface area contributed by atoms with E-state index in [0.717, 1.165) is 6.20 Å². The molecule has 1 aromatic carbocycles. The zero-order valence-electron chi connectivity index (χ0n) is 8.29. The van der Waals surface area contributed by atoms with Crippen molar-refractivity contribution < 1.29 is 17.6 Å². The van der Waals surface area contributed by atoms with Gasteiger partial charge < -0.3 is 5.73 Å². The van der Waals surface area contributed by atoms with Gasteiger partial charge in [0.1, 0.15) is 5.69 Å². The Morgan fingerprint density at radius 3 is 2.18 bits per heavy atom. The first kappa shape index (κ1) is 11.5. The number of hydrogen-bond donors (Lipinski definition) is 1. The van der Waals surface area contributed by atoms with Crippen molar-refractivity contribution in [2.75, 3.05) is 0 Å². The van der Waals surface area contributed by atoms with Gasteiger partial charge in [0, 0.05) is 12.6 Å². The molecule has 0 saturated heterocycles. The van der Waals surface area contributed by atoms with Gasteiger partial charge in [-0.05, 0) is 0 Å². The normalized spacial score (nSPS) is 10.9. The molecule has 0 spiro atoms. The molecule has 1 aromatic heterocycles. The Labute approximate surface area is 92.7 Å². The van der Waals surface area contributed by atoms with E-state index in [1.165, 1.54) is 0 Å². The quantitative estimate of drug-likeness (QED) is 0.641. The number of aromatic nitrogens is 3. The van der Waals surface area contributed by atoms with Gasteiger partial charge >= 0.3 is 0 Å². The molecule has 0 bridgehead atoms. The van der Waals surface area contributed by atoms with Crippen LogP contribution in [0, 0.1) is 23.3 Å². The summed E-state index contributed by atoms with van der Waals surface area (Å²) in [6.07, 6.45) is 1.08. The van der Waals surface area contributed by atoms with Crippen LogP contribution in [0.3, 0.4) is 0 Å². The molecule has 2 aromatic rings. The van der Waals surface area contributed by atoms with Gasteiger partial charge in [0.15, 0.2) is 23.3 Å². The predicted octanol–water partition coefficient (Wildman–Crippen LogP) is 1.28. The minimum atomic E-state index is -1.54. The van der Waals surface area contributed by atoms with Gasteiger partial charge in [-0.3, -0.25) is 0 Å². The molecule has 0 atom stereocenters. The fraction of sp³-hybridized carbons (Fsp3) is 0.111. The van der Waals surface area contributed by atoms with E-state index >= 15 is 0 Å². The summed E-state index contributed by atoms with van der Waals surface area (Å²) in [7, 11) is 0. The number of nitrogens with two attached hydrogens (primary N) is 1. The minimum Gasteiger partial charge on any atom is -0.325 e. The topological polar surface area (TPSA) is 56.7 Å². The highest BCUT2D eigenvalue weighted by atomic mass is 19.2. The molecule has 2 rings (SSSR count). The van der Waals surface area contributed by atoms with Crippen LogP contribution < -0.4 is 5.73 Å². The molecule has 2 N–H and O–H groups in total. The second-order valence-electron chi connectivity index (χ2n) is 3.18. The van der Waals surface area contributed by atoms with Crippen LogP contribution in [0.4, 0.5) is 17.6 Å². The summed E-state index contributed by atoms with van der Waals surface area (Å²) < 4.78 is 53.1. The Kier molecular flexibility index (Phi) is 2.80. The molecule has 0 aliphatic rings. The number of halogens is 4. The lowest BCUT2D eigenvalue weighted by Gasteiger charge is -2.05. The van der Waals surface area contributed by atoms with Crippen LogP contribution in [-0.4, -0.2) is 15.0 Å². The first-order valence-corrected chi connectivity index (χ1v) is 4.49. The van der Waals surface area contributed by atoms with E-state index in [2.05, 4.69) is 10.3 Å². The molecule has 0 radical (unpaired) electrons. The summed E-state index contributed by atoms with van der Waals surface area (Å²) in [6.45, 7) is -0.0129. The second-order valence-corrected chi connectivity index (χ2v) is 3.18. The summed E-state index contributed by atoms with van der Waals surface area (Å²) in [4.78, 5) is 0. The van der Waals surface area contributed by atoms with Crippen LogP contribution in [0.15, 0.2) is 12.3 Å². The van der Waals surface area contributed by atoms with Crippen molar-refractivity contribution in [1.82, 2.24) is 15.0 Å². The van der Waals surface area contributed by atoms with Crippen molar-refractivity contribution in [3.8, 4) is 5.69 Å². The fourth-order valence-corrected chi connectivity index (χ4v) is 1.26. The second kappa shape index (κ2) is 4.13. The van der Waals surface area contributed by atoms with Crippen LogP contribution in [-0.2, 0) is 6.54 Å². The van der Waals surface area contributed by atoms with Crippen molar-refractivity contribution in [1.29, 1.82) is 0 Å². The Morgan fingerprint density at radius 1 is 1.12 bits per heavy atom. The van der Waals surface area contributed by atoms with Crippen LogP contribution in [0.25, 0.3) is 5.69 Å². The van der Waals surface area contributed by atoms with Crippen molar-refractivity contribution in [3.63, 3.8) is 0 Å². The molecule has 4 nitrogen and oxygen atoms in total. The van der Waals surface area contributed by atoms with Gasteiger partial charge in [0.2, 0.25) is 0 Å². The maximum atomic E-state index is 13.3. The summed E-state index contributed by atoms with van der Waals surface area (Å²) in [6, 6.07) is 0.120. The third kappa shape index (κ3) is 1.86. The van der Waals surface area contributed by atoms with Crippen LogP contribution in [0.2, 0.25) is 0 Å². The molecule has 0 unspecified atom stereocenters. The highest BCUT2D eigenvalue weighted by molar-refractivity contribution is 5.36. The molecular weight excluding hydrogens is 240 g/mol. The third-order valence-corrected chi connectivity index (χ3v) is 2.07. The minimum absolute atomic E-state index is 0.0129. The van der Waals surface area contributed by atoms with E-state index in [-0.39, 0.29) is 18.3 Å². The maximum Gasteiger partial charge on any atom is 0.187 e. The smallest absolute Gasteiger partial charge is 0.187 e. The first-order chi connectivity index (χ1) is 8.04. The summed E-state index contributed by atoms with van der Waals surface area (Å²) >= 11 is 0. The van der Waals surface area contributed by atoms with E-state index in [0.29, 0.717) is 4.68 Å². The zero-order valence-corrected chi connectivity index (χ0v) is 8.29. The van der Waals surface area contributed by atoms with E-state index in [4.69, 9.17) is 5.73 Å². The lowest BCUT2D eigenvalue weighted by Crippen LogP contribution is -2.07. The van der Waals surface area contributed by atoms with Gasteiger partial charge in [-0.25, -0.2) is 22.2 Å². The predicted molar refractivity (Wildman–Crippen MR) is 49.1 cm³/mol. The average molecular weight is 246 g/mol. The highest BCUT2D eigenvalue weighted by Gasteiger charge is 2.21. The van der Waals surface area contributed by atoms with Gasteiger partial charge in [-0.2, -0.15) is 0 Å². The van der Waals surface area contributed by atoms with Crippen molar-refractivity contribution >= 4 is 0 Å². The molecule has 90 valence electrons. The van der Waals surface area contributed by atoms with Crippen molar-refractivity contribution in [2.24, 2.45) is 5.73 Å². The number of benzene rings is 1. The monoisotopic (exact) mass is 246 g/mol. The summed E-state index contributed by atoms with van der Waals surface area (Å²) in [5, 5.41) is 6.80. The van der Waals surface area contributed by atoms with Crippen LogP contribution in [0.5, 0.6) is 0 Å². The summed E-state index contributed by atoms with van der Waals surface area (Å²) in [5.41, 5.74) is 4.49. The zero-order chi connectivity index (χ0) is 12.6. The van der Waals surface area contributed by atoms with E-state index < -0.39 is 29.0 Å². The molecular formula is C9H6F4N4. The molecule has 0 aliphatic heterocycles. The van der Waals surface area contributed by atoms with Gasteiger partial charge in [0.05, 0.1) is 11.9 Å². The van der Waals surface area contributed by atoms with E-state index in [1.807, 2.05) is 0 Å². The Balaban J connectivity index is 2.65. The first-order valence-electron chi connectivity index (χ1n) is 4.49. The Morgan fingerprint density at radius 2 is 1.71 bits per heavy atom. The average Bonchev–Trinajstić information content (AvgIpc) is 2.75. The standard InChI is InChI=1S/C9H6F4N4/c10-5-1-6(11)8(13)9(7(5)12)17-3-4(2-14)15-16-17/h1,3H,2,14H2. The third-order valence-electron chi connectivity index (χ3n) is 2.07. The van der Waals surface area contributed by atoms with Crippen LogP contribution >= 0.6 is 0 Å². The Hall–Kier alpha value is -1.96.